The number of fused-ring (bicyclic) bond motifs is 3. The molecule has 0 unspecified atom stereocenters. The minimum Gasteiger partial charge on any atom is -0.493 e. The van der Waals surface area contributed by atoms with Crippen LogP contribution in [0.3, 0.4) is 0 Å². The standard InChI is InChI=1S/C27H24N4O5/c1-33-21-11-17(12-22(34-2)25(21)35-3)14-28-26-23-19-13-18(36-15-16-7-5-4-6-8-16)9-10-20(19)29-24(23)27(32)31-30-26/h4-14,29H,15H2,1-3H3,(H,31,32). The summed E-state index contributed by atoms with van der Waals surface area (Å²) in [5.41, 5.74) is 2.60. The summed E-state index contributed by atoms with van der Waals surface area (Å²) in [4.78, 5) is 20.3. The summed E-state index contributed by atoms with van der Waals surface area (Å²) in [6.45, 7) is 0.430. The van der Waals surface area contributed by atoms with E-state index in [1.807, 2.05) is 48.5 Å². The van der Waals surface area contributed by atoms with E-state index >= 15 is 0 Å². The molecule has 0 fully saturated rings. The molecule has 9 heteroatoms. The SMILES string of the molecule is COc1cc(C=Nc2n[nH]c(=O)c3[nH]c4ccc(OCc5ccccc5)cc4c23)cc(OC)c1OC. The van der Waals surface area contributed by atoms with Crippen molar-refractivity contribution >= 4 is 33.8 Å². The molecule has 36 heavy (non-hydrogen) atoms. The molecule has 9 nitrogen and oxygen atoms in total. The van der Waals surface area contributed by atoms with Gasteiger partial charge >= 0.3 is 0 Å². The maximum atomic E-state index is 12.5. The first kappa shape index (κ1) is 23.0. The van der Waals surface area contributed by atoms with E-state index < -0.39 is 0 Å². The first-order valence-electron chi connectivity index (χ1n) is 11.2. The van der Waals surface area contributed by atoms with E-state index in [1.165, 1.54) is 0 Å². The van der Waals surface area contributed by atoms with Gasteiger partial charge in [-0.3, -0.25) is 4.79 Å². The van der Waals surface area contributed by atoms with Gasteiger partial charge in [0.1, 0.15) is 17.9 Å². The van der Waals surface area contributed by atoms with E-state index in [9.17, 15) is 4.79 Å². The molecule has 2 heterocycles. The smallest absolute Gasteiger partial charge is 0.288 e. The summed E-state index contributed by atoms with van der Waals surface area (Å²) >= 11 is 0. The van der Waals surface area contributed by atoms with Crippen LogP contribution in [0.15, 0.2) is 70.5 Å². The highest BCUT2D eigenvalue weighted by atomic mass is 16.5. The summed E-state index contributed by atoms with van der Waals surface area (Å²) in [6.07, 6.45) is 1.62. The lowest BCUT2D eigenvalue weighted by Crippen LogP contribution is -2.07. The molecule has 2 N–H and O–H groups in total. The number of methoxy groups -OCH3 is 3. The second-order valence-corrected chi connectivity index (χ2v) is 7.95. The van der Waals surface area contributed by atoms with Gasteiger partial charge in [0.25, 0.3) is 5.56 Å². The Bertz CT molecular complexity index is 1600. The Labute approximate surface area is 206 Å². The molecule has 3 aromatic carbocycles. The van der Waals surface area contributed by atoms with Crippen LogP contribution >= 0.6 is 0 Å². The van der Waals surface area contributed by atoms with E-state index in [4.69, 9.17) is 18.9 Å². The number of hydrogen-bond acceptors (Lipinski definition) is 7. The Hall–Kier alpha value is -4.79. The van der Waals surface area contributed by atoms with Gasteiger partial charge in [-0.15, -0.1) is 0 Å². The molecule has 0 aliphatic carbocycles. The lowest BCUT2D eigenvalue weighted by molar-refractivity contribution is 0.306. The second-order valence-electron chi connectivity index (χ2n) is 7.95. The van der Waals surface area contributed by atoms with Crippen molar-refractivity contribution in [3.8, 4) is 23.0 Å². The topological polar surface area (TPSA) is 111 Å². The minimum atomic E-state index is -0.334. The number of aliphatic imine (C=N–C) groups is 1. The summed E-state index contributed by atoms with van der Waals surface area (Å²) in [6, 6.07) is 19.1. The monoisotopic (exact) mass is 484 g/mol. The number of H-pyrrole nitrogens is 2. The van der Waals surface area contributed by atoms with Crippen LogP contribution in [-0.4, -0.2) is 42.7 Å². The average Bonchev–Trinajstić information content (AvgIpc) is 3.31. The summed E-state index contributed by atoms with van der Waals surface area (Å²) in [5.74, 6) is 2.52. The number of hydrogen-bond donors (Lipinski definition) is 2. The fourth-order valence-corrected chi connectivity index (χ4v) is 4.02. The highest BCUT2D eigenvalue weighted by molar-refractivity contribution is 6.12. The van der Waals surface area contributed by atoms with Crippen LogP contribution in [0.5, 0.6) is 23.0 Å². The van der Waals surface area contributed by atoms with Crippen LogP contribution in [0.25, 0.3) is 21.8 Å². The molecule has 0 bridgehead atoms. The molecule has 182 valence electrons. The first-order valence-corrected chi connectivity index (χ1v) is 11.2. The molecule has 0 amide bonds. The third-order valence-corrected chi connectivity index (χ3v) is 5.76. The van der Waals surface area contributed by atoms with Crippen molar-refractivity contribution in [2.45, 2.75) is 6.61 Å². The predicted octanol–water partition coefficient (Wildman–Crippen LogP) is 4.76. The molecular formula is C27H24N4O5. The molecule has 5 aromatic rings. The highest BCUT2D eigenvalue weighted by Gasteiger charge is 2.15. The fraction of sp³-hybridized carbons (Fsp3) is 0.148. The normalized spacial score (nSPS) is 11.3. The zero-order valence-electron chi connectivity index (χ0n) is 20.0. The van der Waals surface area contributed by atoms with Crippen LogP contribution in [0.4, 0.5) is 5.82 Å². The molecule has 0 aliphatic rings. The van der Waals surface area contributed by atoms with Crippen molar-refractivity contribution in [3.05, 3.63) is 82.1 Å². The van der Waals surface area contributed by atoms with Crippen LogP contribution in [0, 0.1) is 0 Å². The van der Waals surface area contributed by atoms with Crippen molar-refractivity contribution in [2.24, 2.45) is 4.99 Å². The number of nitrogens with zero attached hydrogens (tertiary/aromatic N) is 2. The molecule has 0 saturated carbocycles. The van der Waals surface area contributed by atoms with Gasteiger partial charge in [0.15, 0.2) is 17.3 Å². The van der Waals surface area contributed by atoms with E-state index in [0.29, 0.717) is 51.9 Å². The molecule has 0 atom stereocenters. The predicted molar refractivity (Wildman–Crippen MR) is 138 cm³/mol. The third-order valence-electron chi connectivity index (χ3n) is 5.76. The number of aromatic nitrogens is 3. The summed E-state index contributed by atoms with van der Waals surface area (Å²) in [7, 11) is 4.65. The van der Waals surface area contributed by atoms with Crippen molar-refractivity contribution in [1.29, 1.82) is 0 Å². The molecule has 2 aromatic heterocycles. The van der Waals surface area contributed by atoms with Gasteiger partial charge in [0, 0.05) is 22.7 Å². The quantitative estimate of drug-likeness (QED) is 0.307. The largest absolute Gasteiger partial charge is 0.493 e. The van der Waals surface area contributed by atoms with Gasteiger partial charge < -0.3 is 23.9 Å². The Kier molecular flexibility index (Phi) is 6.27. The molecule has 0 aliphatic heterocycles. The van der Waals surface area contributed by atoms with Gasteiger partial charge in [-0.1, -0.05) is 30.3 Å². The molecular weight excluding hydrogens is 460 g/mol. The van der Waals surface area contributed by atoms with E-state index in [2.05, 4.69) is 20.2 Å². The number of aromatic amines is 2. The number of nitrogens with one attached hydrogen (secondary N) is 2. The van der Waals surface area contributed by atoms with E-state index in [-0.39, 0.29) is 5.56 Å². The molecule has 0 spiro atoms. The van der Waals surface area contributed by atoms with Crippen molar-refractivity contribution in [1.82, 2.24) is 15.2 Å². The van der Waals surface area contributed by atoms with Crippen molar-refractivity contribution < 1.29 is 18.9 Å². The number of rotatable bonds is 8. The zero-order valence-corrected chi connectivity index (χ0v) is 20.0. The van der Waals surface area contributed by atoms with Crippen molar-refractivity contribution in [2.75, 3.05) is 21.3 Å². The number of ether oxygens (including phenoxy) is 4. The van der Waals surface area contributed by atoms with E-state index in [1.54, 1.807) is 39.7 Å². The summed E-state index contributed by atoms with van der Waals surface area (Å²) < 4.78 is 22.2. The Morgan fingerprint density at radius 3 is 2.39 bits per heavy atom. The molecule has 0 radical (unpaired) electrons. The average molecular weight is 485 g/mol. The van der Waals surface area contributed by atoms with Crippen molar-refractivity contribution in [3.63, 3.8) is 0 Å². The zero-order chi connectivity index (χ0) is 25.1. The Morgan fingerprint density at radius 1 is 0.944 bits per heavy atom. The van der Waals surface area contributed by atoms with Gasteiger partial charge in [-0.05, 0) is 35.9 Å². The second kappa shape index (κ2) is 9.83. The minimum absolute atomic E-state index is 0.334. The lowest BCUT2D eigenvalue weighted by Gasteiger charge is -2.12. The highest BCUT2D eigenvalue weighted by Crippen LogP contribution is 2.38. The summed E-state index contributed by atoms with van der Waals surface area (Å²) in [5, 5.41) is 8.10. The van der Waals surface area contributed by atoms with Crippen LogP contribution in [0.1, 0.15) is 11.1 Å². The van der Waals surface area contributed by atoms with Gasteiger partial charge in [0.05, 0.1) is 26.7 Å². The van der Waals surface area contributed by atoms with Crippen LogP contribution in [0.2, 0.25) is 0 Å². The Morgan fingerprint density at radius 2 is 1.69 bits per heavy atom. The van der Waals surface area contributed by atoms with Crippen LogP contribution < -0.4 is 24.5 Å². The maximum Gasteiger partial charge on any atom is 0.288 e. The van der Waals surface area contributed by atoms with Gasteiger partial charge in [-0.2, -0.15) is 5.10 Å². The van der Waals surface area contributed by atoms with Gasteiger partial charge in [-0.25, -0.2) is 10.1 Å². The maximum absolute atomic E-state index is 12.5. The third kappa shape index (κ3) is 4.34. The first-order chi connectivity index (χ1) is 17.6. The van der Waals surface area contributed by atoms with E-state index in [0.717, 1.165) is 16.5 Å². The van der Waals surface area contributed by atoms with Crippen LogP contribution in [-0.2, 0) is 6.61 Å². The molecule has 0 saturated heterocycles. The Balaban J connectivity index is 1.55. The fourth-order valence-electron chi connectivity index (χ4n) is 4.02. The number of benzene rings is 3. The molecule has 5 rings (SSSR count). The van der Waals surface area contributed by atoms with Gasteiger partial charge in [0.2, 0.25) is 5.75 Å². The lowest BCUT2D eigenvalue weighted by atomic mass is 10.1.